The molecule has 2 heterocycles. The molecule has 1 atom stereocenters. The molecule has 27 heavy (non-hydrogen) atoms. The number of halogens is 1. The Labute approximate surface area is 160 Å². The minimum Gasteiger partial charge on any atom is -0.477 e. The number of aryl methyl sites for hydroxylation is 1. The Morgan fingerprint density at radius 1 is 1.37 bits per heavy atom. The van der Waals surface area contributed by atoms with Gasteiger partial charge < -0.3 is 15.2 Å². The fourth-order valence-corrected chi connectivity index (χ4v) is 4.26. The second kappa shape index (κ2) is 7.74. The van der Waals surface area contributed by atoms with Crippen LogP contribution in [0.3, 0.4) is 0 Å². The Hall–Kier alpha value is -2.32. The lowest BCUT2D eigenvalue weighted by molar-refractivity contribution is -0.131. The van der Waals surface area contributed by atoms with E-state index in [0.29, 0.717) is 42.3 Å². The number of carbonyl (C=O) groups is 2. The van der Waals surface area contributed by atoms with Crippen LogP contribution in [0.1, 0.15) is 51.7 Å². The predicted molar refractivity (Wildman–Crippen MR) is 98.5 cm³/mol. The van der Waals surface area contributed by atoms with Crippen molar-refractivity contribution in [3.63, 3.8) is 0 Å². The van der Waals surface area contributed by atoms with Gasteiger partial charge in [-0.2, -0.15) is 0 Å². The molecule has 0 bridgehead atoms. The normalized spacial score (nSPS) is 17.3. The molecule has 144 valence electrons. The zero-order valence-electron chi connectivity index (χ0n) is 15.1. The summed E-state index contributed by atoms with van der Waals surface area (Å²) in [6.07, 6.45) is 0.901. The summed E-state index contributed by atoms with van der Waals surface area (Å²) in [6, 6.07) is 5.65. The highest BCUT2D eigenvalue weighted by atomic mass is 32.1. The van der Waals surface area contributed by atoms with E-state index in [2.05, 4.69) is 10.3 Å². The molecule has 2 aromatic rings. The number of carbonyl (C=O) groups excluding carboxylic acids is 1. The summed E-state index contributed by atoms with van der Waals surface area (Å²) in [5.41, 5.74) is 0.169. The second-order valence-electron chi connectivity index (χ2n) is 6.67. The van der Waals surface area contributed by atoms with Gasteiger partial charge in [0.15, 0.2) is 0 Å². The lowest BCUT2D eigenvalue weighted by Gasteiger charge is -2.37. The van der Waals surface area contributed by atoms with Crippen LogP contribution >= 0.6 is 11.3 Å². The number of carboxylic acids is 1. The Morgan fingerprint density at radius 2 is 2.07 bits per heavy atom. The first-order chi connectivity index (χ1) is 12.8. The number of benzene rings is 1. The van der Waals surface area contributed by atoms with Gasteiger partial charge in [-0.25, -0.2) is 14.2 Å². The first-order valence-electron chi connectivity index (χ1n) is 8.69. The third-order valence-electron chi connectivity index (χ3n) is 4.88. The van der Waals surface area contributed by atoms with Crippen LogP contribution in [0.2, 0.25) is 0 Å². The number of ether oxygens (including phenoxy) is 1. The first-order valence-corrected chi connectivity index (χ1v) is 9.50. The third kappa shape index (κ3) is 3.86. The molecule has 1 unspecified atom stereocenters. The average Bonchev–Trinajstić information content (AvgIpc) is 3.04. The van der Waals surface area contributed by atoms with Crippen molar-refractivity contribution < 1.29 is 23.8 Å². The maximum absolute atomic E-state index is 13.8. The SMILES string of the molecule is Cc1nc(C(C)NC(=O)C2(c3cccc(F)c3)CCOCC2)sc1C(=O)O. The van der Waals surface area contributed by atoms with Crippen molar-refractivity contribution in [1.82, 2.24) is 10.3 Å². The number of aromatic nitrogens is 1. The van der Waals surface area contributed by atoms with Crippen LogP contribution in [0.25, 0.3) is 0 Å². The standard InChI is InChI=1S/C19H21FN2O4S/c1-11-15(17(23)24)27-16(21-11)12(2)22-18(25)19(6-8-26-9-7-19)13-4-3-5-14(20)10-13/h3-5,10,12H,6-9H2,1-2H3,(H,22,25)(H,23,24). The van der Waals surface area contributed by atoms with E-state index in [4.69, 9.17) is 4.74 Å². The Bertz CT molecular complexity index is 861. The molecule has 1 aromatic heterocycles. The molecule has 1 aliphatic heterocycles. The summed E-state index contributed by atoms with van der Waals surface area (Å²) >= 11 is 1.05. The van der Waals surface area contributed by atoms with E-state index >= 15 is 0 Å². The number of thiazole rings is 1. The molecule has 2 N–H and O–H groups in total. The van der Waals surface area contributed by atoms with Gasteiger partial charge in [0.1, 0.15) is 15.7 Å². The smallest absolute Gasteiger partial charge is 0.347 e. The number of rotatable bonds is 5. The summed E-state index contributed by atoms with van der Waals surface area (Å²) in [4.78, 5) is 28.9. The lowest BCUT2D eigenvalue weighted by atomic mass is 9.73. The molecule has 1 aliphatic rings. The van der Waals surface area contributed by atoms with Crippen LogP contribution in [0.5, 0.6) is 0 Å². The Kier molecular flexibility index (Phi) is 5.57. The quantitative estimate of drug-likeness (QED) is 0.816. The van der Waals surface area contributed by atoms with E-state index in [1.807, 2.05) is 0 Å². The zero-order valence-corrected chi connectivity index (χ0v) is 15.9. The van der Waals surface area contributed by atoms with Crippen LogP contribution in [-0.2, 0) is 14.9 Å². The molecular formula is C19H21FN2O4S. The number of carboxylic acid groups (broad SMARTS) is 1. The third-order valence-corrected chi connectivity index (χ3v) is 6.21. The highest BCUT2D eigenvalue weighted by Gasteiger charge is 2.42. The number of aromatic carboxylic acids is 1. The van der Waals surface area contributed by atoms with E-state index in [-0.39, 0.29) is 16.6 Å². The van der Waals surface area contributed by atoms with E-state index in [0.717, 1.165) is 11.3 Å². The number of amides is 1. The van der Waals surface area contributed by atoms with Gasteiger partial charge in [0, 0.05) is 13.2 Å². The topological polar surface area (TPSA) is 88.5 Å². The molecule has 0 spiro atoms. The van der Waals surface area contributed by atoms with E-state index in [9.17, 15) is 19.1 Å². The second-order valence-corrected chi connectivity index (χ2v) is 7.70. The fourth-order valence-electron chi connectivity index (χ4n) is 3.35. The molecule has 1 saturated heterocycles. The summed E-state index contributed by atoms with van der Waals surface area (Å²) in [6.45, 7) is 4.22. The van der Waals surface area contributed by atoms with Crippen molar-refractivity contribution in [1.29, 1.82) is 0 Å². The maximum Gasteiger partial charge on any atom is 0.347 e. The monoisotopic (exact) mass is 392 g/mol. The highest BCUT2D eigenvalue weighted by Crippen LogP contribution is 2.36. The Morgan fingerprint density at radius 3 is 2.67 bits per heavy atom. The van der Waals surface area contributed by atoms with Crippen LogP contribution in [0, 0.1) is 12.7 Å². The van der Waals surface area contributed by atoms with Crippen molar-refractivity contribution >= 4 is 23.2 Å². The van der Waals surface area contributed by atoms with Crippen LogP contribution < -0.4 is 5.32 Å². The molecule has 6 nitrogen and oxygen atoms in total. The van der Waals surface area contributed by atoms with Crippen molar-refractivity contribution in [3.8, 4) is 0 Å². The van der Waals surface area contributed by atoms with Crippen molar-refractivity contribution in [3.05, 3.63) is 51.2 Å². The minimum atomic E-state index is -1.03. The van der Waals surface area contributed by atoms with Crippen molar-refractivity contribution in [2.24, 2.45) is 0 Å². The van der Waals surface area contributed by atoms with Gasteiger partial charge in [-0.1, -0.05) is 12.1 Å². The van der Waals surface area contributed by atoms with Gasteiger partial charge in [0.2, 0.25) is 5.91 Å². The molecule has 1 fully saturated rings. The predicted octanol–water partition coefficient (Wildman–Crippen LogP) is 3.21. The lowest BCUT2D eigenvalue weighted by Crippen LogP contribution is -2.48. The average molecular weight is 392 g/mol. The van der Waals surface area contributed by atoms with Gasteiger partial charge in [-0.05, 0) is 44.4 Å². The number of nitrogens with zero attached hydrogens (tertiary/aromatic N) is 1. The molecule has 0 radical (unpaired) electrons. The number of hydrogen-bond donors (Lipinski definition) is 2. The van der Waals surface area contributed by atoms with Gasteiger partial charge in [0.05, 0.1) is 17.2 Å². The van der Waals surface area contributed by atoms with Crippen LogP contribution in [0.4, 0.5) is 4.39 Å². The van der Waals surface area contributed by atoms with E-state index < -0.39 is 17.4 Å². The van der Waals surface area contributed by atoms with Gasteiger partial charge >= 0.3 is 5.97 Å². The van der Waals surface area contributed by atoms with Gasteiger partial charge in [0.25, 0.3) is 0 Å². The van der Waals surface area contributed by atoms with Crippen LogP contribution in [-0.4, -0.2) is 35.2 Å². The van der Waals surface area contributed by atoms with Crippen LogP contribution in [0.15, 0.2) is 24.3 Å². The van der Waals surface area contributed by atoms with Crippen molar-refractivity contribution in [2.75, 3.05) is 13.2 Å². The van der Waals surface area contributed by atoms with Crippen molar-refractivity contribution in [2.45, 2.75) is 38.1 Å². The highest BCUT2D eigenvalue weighted by molar-refractivity contribution is 7.13. The molecular weight excluding hydrogens is 371 g/mol. The molecule has 1 amide bonds. The minimum absolute atomic E-state index is 0.164. The molecule has 0 saturated carbocycles. The first kappa shape index (κ1) is 19.4. The van der Waals surface area contributed by atoms with E-state index in [1.165, 1.54) is 12.1 Å². The molecule has 8 heteroatoms. The molecule has 0 aliphatic carbocycles. The maximum atomic E-state index is 13.8. The zero-order chi connectivity index (χ0) is 19.6. The number of nitrogens with one attached hydrogen (secondary N) is 1. The summed E-state index contributed by atoms with van der Waals surface area (Å²) in [5.74, 6) is -1.65. The summed E-state index contributed by atoms with van der Waals surface area (Å²) in [5, 5.41) is 12.7. The Balaban J connectivity index is 1.87. The molecule has 3 rings (SSSR count). The number of hydrogen-bond acceptors (Lipinski definition) is 5. The van der Waals surface area contributed by atoms with Gasteiger partial charge in [-0.15, -0.1) is 11.3 Å². The largest absolute Gasteiger partial charge is 0.477 e. The summed E-state index contributed by atoms with van der Waals surface area (Å²) < 4.78 is 19.2. The fraction of sp³-hybridized carbons (Fsp3) is 0.421. The van der Waals surface area contributed by atoms with E-state index in [1.54, 1.807) is 26.0 Å². The summed E-state index contributed by atoms with van der Waals surface area (Å²) in [7, 11) is 0. The van der Waals surface area contributed by atoms with Gasteiger partial charge in [-0.3, -0.25) is 4.79 Å². The molecule has 1 aromatic carbocycles.